The lowest BCUT2D eigenvalue weighted by molar-refractivity contribution is -0.358. The highest BCUT2D eigenvalue weighted by Crippen LogP contribution is 2.42. The highest BCUT2D eigenvalue weighted by molar-refractivity contribution is 5.84. The molecule has 0 saturated carbocycles. The number of para-hydroxylation sites is 1. The van der Waals surface area contributed by atoms with Gasteiger partial charge in [0, 0.05) is 18.1 Å². The van der Waals surface area contributed by atoms with Crippen molar-refractivity contribution in [1.29, 1.82) is 0 Å². The topological polar surface area (TPSA) is 153 Å². The van der Waals surface area contributed by atoms with Crippen LogP contribution in [0.2, 0.25) is 0 Å². The molecule has 11 nitrogen and oxygen atoms in total. The van der Waals surface area contributed by atoms with E-state index in [9.17, 15) is 25.2 Å². The van der Waals surface area contributed by atoms with Gasteiger partial charge in [-0.15, -0.1) is 6.58 Å². The summed E-state index contributed by atoms with van der Waals surface area (Å²) >= 11 is 0. The lowest BCUT2D eigenvalue weighted by Gasteiger charge is -2.43. The van der Waals surface area contributed by atoms with Crippen molar-refractivity contribution < 1.29 is 39.4 Å². The van der Waals surface area contributed by atoms with Crippen LogP contribution in [0, 0.1) is 0 Å². The Morgan fingerprint density at radius 2 is 1.92 bits per heavy atom. The van der Waals surface area contributed by atoms with E-state index in [0.717, 1.165) is 16.5 Å². The summed E-state index contributed by atoms with van der Waals surface area (Å²) in [6.07, 6.45) is -8.06. The van der Waals surface area contributed by atoms with Crippen LogP contribution in [-0.2, 0) is 25.5 Å². The lowest BCUT2D eigenvalue weighted by Crippen LogP contribution is -2.60. The van der Waals surface area contributed by atoms with Crippen LogP contribution in [-0.4, -0.2) is 80.7 Å². The van der Waals surface area contributed by atoms with Crippen LogP contribution in [0.15, 0.2) is 53.8 Å². The van der Waals surface area contributed by atoms with Gasteiger partial charge in [0.2, 0.25) is 0 Å². The molecule has 2 aromatic heterocycles. The van der Waals surface area contributed by atoms with Gasteiger partial charge in [0.25, 0.3) is 5.56 Å². The first-order chi connectivity index (χ1) is 18.4. The number of aromatic nitrogens is 2. The Kier molecular flexibility index (Phi) is 6.41. The highest BCUT2D eigenvalue weighted by atomic mass is 16.8. The zero-order valence-electron chi connectivity index (χ0n) is 20.5. The second kappa shape index (κ2) is 9.63. The Bertz CT molecular complexity index is 1450. The van der Waals surface area contributed by atoms with E-state index in [4.69, 9.17) is 23.9 Å². The fourth-order valence-electron chi connectivity index (χ4n) is 5.48. The first kappa shape index (κ1) is 25.3. The predicted octanol–water partition coefficient (Wildman–Crippen LogP) is 0.513. The van der Waals surface area contributed by atoms with Crippen LogP contribution in [0.5, 0.6) is 0 Å². The third-order valence-electron chi connectivity index (χ3n) is 7.47. The van der Waals surface area contributed by atoms with Crippen LogP contribution in [0.1, 0.15) is 28.9 Å². The van der Waals surface area contributed by atoms with Crippen molar-refractivity contribution in [3.63, 3.8) is 0 Å². The standard InChI is InChI=1S/C27H28N2O9/c1-3-14-15-9-17-20-13(8-12-6-4-5-7-16(12)28-20)10-29(17)24(34)19(15)26(35-2)37-25(14)38-27-23(33)22(32)21(31)18(11-30)36-27/h3-9,14,18,21-23,25-27,30-33H,1,10-11H2,2H3. The normalized spacial score (nSPS) is 32.0. The van der Waals surface area contributed by atoms with E-state index in [-0.39, 0.29) is 5.56 Å². The second-order valence-electron chi connectivity index (χ2n) is 9.65. The summed E-state index contributed by atoms with van der Waals surface area (Å²) in [7, 11) is 1.40. The number of nitrogens with zero attached hydrogens (tertiary/aromatic N) is 2. The van der Waals surface area contributed by atoms with Gasteiger partial charge in [0.15, 0.2) is 18.9 Å². The largest absolute Gasteiger partial charge is 0.394 e. The molecule has 8 atom stereocenters. The summed E-state index contributed by atoms with van der Waals surface area (Å²) in [5.41, 5.74) is 3.65. The van der Waals surface area contributed by atoms with Gasteiger partial charge in [-0.05, 0) is 23.8 Å². The molecule has 1 saturated heterocycles. The van der Waals surface area contributed by atoms with Gasteiger partial charge < -0.3 is 43.9 Å². The monoisotopic (exact) mass is 524 g/mol. The molecule has 0 bridgehead atoms. The maximum atomic E-state index is 13.8. The summed E-state index contributed by atoms with van der Waals surface area (Å²) in [6, 6.07) is 11.6. The Labute approximate surface area is 217 Å². The maximum absolute atomic E-state index is 13.8. The molecule has 38 heavy (non-hydrogen) atoms. The van der Waals surface area contributed by atoms with Crippen molar-refractivity contribution in [2.24, 2.45) is 0 Å². The number of hydrogen-bond acceptors (Lipinski definition) is 10. The number of ether oxygens (including phenoxy) is 4. The third kappa shape index (κ3) is 3.82. The highest BCUT2D eigenvalue weighted by Gasteiger charge is 2.47. The zero-order chi connectivity index (χ0) is 26.7. The molecule has 6 rings (SSSR count). The van der Waals surface area contributed by atoms with Crippen LogP contribution in [0.3, 0.4) is 0 Å². The minimum Gasteiger partial charge on any atom is -0.394 e. The van der Waals surface area contributed by atoms with Crippen LogP contribution in [0.4, 0.5) is 0 Å². The molecule has 8 unspecified atom stereocenters. The number of fused-ring (bicyclic) bond motifs is 5. The van der Waals surface area contributed by atoms with E-state index >= 15 is 0 Å². The van der Waals surface area contributed by atoms with Gasteiger partial charge in [0.05, 0.1) is 41.5 Å². The summed E-state index contributed by atoms with van der Waals surface area (Å²) < 4.78 is 24.6. The van der Waals surface area contributed by atoms with Gasteiger partial charge in [0.1, 0.15) is 24.4 Å². The van der Waals surface area contributed by atoms with Crippen molar-refractivity contribution in [1.82, 2.24) is 9.55 Å². The van der Waals surface area contributed by atoms with E-state index in [1.54, 1.807) is 10.6 Å². The molecule has 1 fully saturated rings. The summed E-state index contributed by atoms with van der Waals surface area (Å²) in [5.74, 6) is -0.688. The fourth-order valence-corrected chi connectivity index (χ4v) is 5.48. The number of pyridine rings is 2. The molecule has 5 heterocycles. The Morgan fingerprint density at radius 1 is 1.13 bits per heavy atom. The van der Waals surface area contributed by atoms with E-state index in [0.29, 0.717) is 29.1 Å². The second-order valence-corrected chi connectivity index (χ2v) is 9.65. The Hall–Kier alpha value is -3.00. The number of benzene rings is 1. The molecule has 3 aromatic rings. The molecular formula is C27H28N2O9. The molecule has 3 aliphatic heterocycles. The van der Waals surface area contributed by atoms with Crippen LogP contribution in [0.25, 0.3) is 22.3 Å². The number of aliphatic hydroxyl groups is 4. The van der Waals surface area contributed by atoms with E-state index in [1.165, 1.54) is 7.11 Å². The Morgan fingerprint density at radius 3 is 2.66 bits per heavy atom. The number of hydrogen-bond donors (Lipinski definition) is 4. The number of rotatable bonds is 5. The predicted molar refractivity (Wildman–Crippen MR) is 133 cm³/mol. The van der Waals surface area contributed by atoms with Crippen LogP contribution < -0.4 is 5.56 Å². The molecule has 1 aromatic carbocycles. The molecule has 0 radical (unpaired) electrons. The van der Waals surface area contributed by atoms with Gasteiger partial charge >= 0.3 is 0 Å². The van der Waals surface area contributed by atoms with E-state index in [2.05, 4.69) is 6.58 Å². The minimum absolute atomic E-state index is 0.287. The molecule has 11 heteroatoms. The van der Waals surface area contributed by atoms with Gasteiger partial charge in [-0.2, -0.15) is 0 Å². The van der Waals surface area contributed by atoms with Gasteiger partial charge in [-0.1, -0.05) is 24.3 Å². The van der Waals surface area contributed by atoms with Crippen molar-refractivity contribution in [2.75, 3.05) is 13.7 Å². The molecular weight excluding hydrogens is 496 g/mol. The SMILES string of the molecule is C=CC1c2cc3n(c(=O)c2C(OC)OC1OC1OC(CO)C(O)C(O)C1O)Cc1cc2ccccc2nc1-3. The van der Waals surface area contributed by atoms with Crippen molar-refractivity contribution >= 4 is 10.9 Å². The van der Waals surface area contributed by atoms with Crippen LogP contribution >= 0.6 is 0 Å². The van der Waals surface area contributed by atoms with Crippen molar-refractivity contribution in [3.8, 4) is 11.4 Å². The molecule has 4 N–H and O–H groups in total. The quantitative estimate of drug-likeness (QED) is 0.272. The number of methoxy groups -OCH3 is 1. The third-order valence-corrected chi connectivity index (χ3v) is 7.47. The zero-order valence-corrected chi connectivity index (χ0v) is 20.5. The lowest BCUT2D eigenvalue weighted by atomic mass is 9.90. The van der Waals surface area contributed by atoms with Gasteiger partial charge in [-0.3, -0.25) is 4.79 Å². The molecule has 0 aliphatic carbocycles. The first-order valence-corrected chi connectivity index (χ1v) is 12.3. The summed E-state index contributed by atoms with van der Waals surface area (Å²) in [5, 5.41) is 41.3. The van der Waals surface area contributed by atoms with E-state index in [1.807, 2.05) is 36.4 Å². The first-order valence-electron chi connectivity index (χ1n) is 12.3. The smallest absolute Gasteiger partial charge is 0.260 e. The number of aliphatic hydroxyl groups excluding tert-OH is 4. The Balaban J connectivity index is 1.41. The average Bonchev–Trinajstić information content (AvgIpc) is 3.29. The fraction of sp³-hybridized carbons (Fsp3) is 0.407. The molecule has 200 valence electrons. The molecule has 3 aliphatic rings. The summed E-state index contributed by atoms with van der Waals surface area (Å²) in [4.78, 5) is 18.6. The molecule has 0 spiro atoms. The maximum Gasteiger partial charge on any atom is 0.260 e. The molecule has 0 amide bonds. The summed E-state index contributed by atoms with van der Waals surface area (Å²) in [6.45, 7) is 3.66. The van der Waals surface area contributed by atoms with Crippen molar-refractivity contribution in [2.45, 2.75) is 55.7 Å². The average molecular weight is 525 g/mol. The minimum atomic E-state index is -1.63. The van der Waals surface area contributed by atoms with Gasteiger partial charge in [-0.25, -0.2) is 4.98 Å². The van der Waals surface area contributed by atoms with Crippen molar-refractivity contribution in [3.05, 3.63) is 76.1 Å². The van der Waals surface area contributed by atoms with E-state index < -0.39 is 55.8 Å².